The van der Waals surface area contributed by atoms with Crippen molar-refractivity contribution in [1.29, 1.82) is 5.26 Å². The van der Waals surface area contributed by atoms with Crippen LogP contribution in [0.1, 0.15) is 18.9 Å². The average molecular weight is 218 g/mol. The molecule has 0 heterocycles. The molecule has 0 aliphatic heterocycles. The van der Waals surface area contributed by atoms with E-state index < -0.39 is 0 Å². The minimum Gasteiger partial charge on any atom is -0.395 e. The quantitative estimate of drug-likeness (QED) is 0.740. The summed E-state index contributed by atoms with van der Waals surface area (Å²) in [5, 5.41) is 18.0. The third-order valence-electron chi connectivity index (χ3n) is 2.70. The molecule has 0 bridgehead atoms. The van der Waals surface area contributed by atoms with E-state index in [2.05, 4.69) is 6.07 Å². The molecule has 0 fully saturated rings. The van der Waals surface area contributed by atoms with Crippen LogP contribution < -0.4 is 0 Å². The maximum Gasteiger partial charge on any atom is 0.0872 e. The molecule has 0 aliphatic rings. The van der Waals surface area contributed by atoms with E-state index in [4.69, 9.17) is 5.26 Å². The van der Waals surface area contributed by atoms with Gasteiger partial charge in [0.15, 0.2) is 0 Å². The van der Waals surface area contributed by atoms with Crippen LogP contribution in [0, 0.1) is 11.3 Å². The number of aliphatic hydroxyl groups excluding tert-OH is 1. The van der Waals surface area contributed by atoms with Crippen molar-refractivity contribution >= 4 is 0 Å². The minimum atomic E-state index is 0.0693. The van der Waals surface area contributed by atoms with Crippen molar-refractivity contribution in [1.82, 2.24) is 4.90 Å². The van der Waals surface area contributed by atoms with Gasteiger partial charge in [-0.2, -0.15) is 5.26 Å². The van der Waals surface area contributed by atoms with Crippen molar-refractivity contribution in [2.45, 2.75) is 25.9 Å². The highest BCUT2D eigenvalue weighted by atomic mass is 16.3. The largest absolute Gasteiger partial charge is 0.395 e. The van der Waals surface area contributed by atoms with Gasteiger partial charge < -0.3 is 5.11 Å². The summed E-state index contributed by atoms with van der Waals surface area (Å²) < 4.78 is 0. The Labute approximate surface area is 96.9 Å². The number of benzene rings is 1. The molecule has 3 nitrogen and oxygen atoms in total. The van der Waals surface area contributed by atoms with Gasteiger partial charge >= 0.3 is 0 Å². The van der Waals surface area contributed by atoms with Gasteiger partial charge in [0.25, 0.3) is 0 Å². The minimum absolute atomic E-state index is 0.0693. The number of nitriles is 1. The van der Waals surface area contributed by atoms with E-state index in [1.165, 1.54) is 5.56 Å². The first-order chi connectivity index (χ1) is 7.81. The van der Waals surface area contributed by atoms with Gasteiger partial charge in [-0.1, -0.05) is 37.3 Å². The standard InChI is InChI=1S/C13H18N2O/c1-2-13(11-16)15(9-8-14)10-12-6-4-3-5-7-12/h3-7,13,16H,2,9-11H2,1H3/t13-/m0/s1. The van der Waals surface area contributed by atoms with Crippen LogP contribution in [0.3, 0.4) is 0 Å². The fourth-order valence-electron chi connectivity index (χ4n) is 1.73. The predicted molar refractivity (Wildman–Crippen MR) is 63.6 cm³/mol. The molecule has 0 saturated heterocycles. The molecule has 0 radical (unpaired) electrons. The lowest BCUT2D eigenvalue weighted by atomic mass is 10.1. The summed E-state index contributed by atoms with van der Waals surface area (Å²) in [5.41, 5.74) is 1.17. The molecular formula is C13H18N2O. The number of aliphatic hydroxyl groups is 1. The van der Waals surface area contributed by atoms with Gasteiger partial charge in [-0.25, -0.2) is 0 Å². The summed E-state index contributed by atoms with van der Waals surface area (Å²) in [4.78, 5) is 2.01. The molecule has 1 N–H and O–H groups in total. The van der Waals surface area contributed by atoms with Crippen molar-refractivity contribution < 1.29 is 5.11 Å². The van der Waals surface area contributed by atoms with Gasteiger partial charge in [-0.15, -0.1) is 0 Å². The van der Waals surface area contributed by atoms with Crippen LogP contribution in [0.5, 0.6) is 0 Å². The van der Waals surface area contributed by atoms with Crippen molar-refractivity contribution in [2.75, 3.05) is 13.2 Å². The Morgan fingerprint density at radius 3 is 2.56 bits per heavy atom. The number of rotatable bonds is 6. The molecule has 16 heavy (non-hydrogen) atoms. The molecule has 0 spiro atoms. The number of hydrogen-bond donors (Lipinski definition) is 1. The molecule has 0 unspecified atom stereocenters. The molecule has 1 atom stereocenters. The summed E-state index contributed by atoms with van der Waals surface area (Å²) in [5.74, 6) is 0. The second kappa shape index (κ2) is 7.00. The lowest BCUT2D eigenvalue weighted by Gasteiger charge is -2.27. The van der Waals surface area contributed by atoms with Crippen LogP contribution in [0.4, 0.5) is 0 Å². The zero-order chi connectivity index (χ0) is 11.8. The van der Waals surface area contributed by atoms with Crippen molar-refractivity contribution in [3.05, 3.63) is 35.9 Å². The first kappa shape index (κ1) is 12.7. The highest BCUT2D eigenvalue weighted by Crippen LogP contribution is 2.09. The van der Waals surface area contributed by atoms with Crippen LogP contribution >= 0.6 is 0 Å². The molecule has 1 aromatic carbocycles. The summed E-state index contributed by atoms with van der Waals surface area (Å²) in [6.45, 7) is 3.20. The van der Waals surface area contributed by atoms with Crippen LogP contribution in [-0.4, -0.2) is 29.2 Å². The Morgan fingerprint density at radius 1 is 1.38 bits per heavy atom. The number of nitrogens with zero attached hydrogens (tertiary/aromatic N) is 2. The fraction of sp³-hybridized carbons (Fsp3) is 0.462. The lowest BCUT2D eigenvalue weighted by molar-refractivity contribution is 0.126. The Bertz CT molecular complexity index is 328. The van der Waals surface area contributed by atoms with Gasteiger partial charge in [0.05, 0.1) is 19.2 Å². The molecule has 86 valence electrons. The third kappa shape index (κ3) is 3.65. The van der Waals surface area contributed by atoms with Crippen molar-refractivity contribution in [2.24, 2.45) is 0 Å². The maximum absolute atomic E-state index is 9.25. The Hall–Kier alpha value is -1.37. The van der Waals surface area contributed by atoms with Gasteiger partial charge in [-0.3, -0.25) is 4.90 Å². The molecule has 3 heteroatoms. The molecule has 1 aromatic rings. The normalized spacial score (nSPS) is 12.4. The van der Waals surface area contributed by atoms with Crippen molar-refractivity contribution in [3.8, 4) is 6.07 Å². The molecule has 0 amide bonds. The predicted octanol–water partition coefficient (Wildman–Crippen LogP) is 1.78. The smallest absolute Gasteiger partial charge is 0.0872 e. The van der Waals surface area contributed by atoms with E-state index in [1.54, 1.807) is 0 Å². The lowest BCUT2D eigenvalue weighted by Crippen LogP contribution is -2.37. The highest BCUT2D eigenvalue weighted by Gasteiger charge is 2.15. The summed E-state index contributed by atoms with van der Waals surface area (Å²) in [6.07, 6.45) is 0.852. The average Bonchev–Trinajstić information content (AvgIpc) is 2.32. The second-order valence-electron chi connectivity index (χ2n) is 3.79. The van der Waals surface area contributed by atoms with Crippen LogP contribution in [0.2, 0.25) is 0 Å². The SMILES string of the molecule is CC[C@@H](CO)N(CC#N)Cc1ccccc1. The van der Waals surface area contributed by atoms with Gasteiger partial charge in [0.1, 0.15) is 0 Å². The fourth-order valence-corrected chi connectivity index (χ4v) is 1.73. The summed E-state index contributed by atoms with van der Waals surface area (Å²) >= 11 is 0. The van der Waals surface area contributed by atoms with E-state index in [-0.39, 0.29) is 12.6 Å². The zero-order valence-electron chi connectivity index (χ0n) is 9.63. The maximum atomic E-state index is 9.25. The van der Waals surface area contributed by atoms with Gasteiger partial charge in [0.2, 0.25) is 0 Å². The monoisotopic (exact) mass is 218 g/mol. The van der Waals surface area contributed by atoms with E-state index >= 15 is 0 Å². The van der Waals surface area contributed by atoms with E-state index in [0.717, 1.165) is 6.42 Å². The molecule has 0 aliphatic carbocycles. The molecular weight excluding hydrogens is 200 g/mol. The van der Waals surface area contributed by atoms with Gasteiger partial charge in [-0.05, 0) is 12.0 Å². The molecule has 1 rings (SSSR count). The molecule has 0 saturated carbocycles. The number of hydrogen-bond acceptors (Lipinski definition) is 3. The highest BCUT2D eigenvalue weighted by molar-refractivity contribution is 5.14. The Morgan fingerprint density at radius 2 is 2.06 bits per heavy atom. The van der Waals surface area contributed by atoms with Crippen LogP contribution in [0.25, 0.3) is 0 Å². The van der Waals surface area contributed by atoms with E-state index in [0.29, 0.717) is 13.1 Å². The van der Waals surface area contributed by atoms with Crippen molar-refractivity contribution in [3.63, 3.8) is 0 Å². The molecule has 0 aromatic heterocycles. The van der Waals surface area contributed by atoms with Gasteiger partial charge in [0, 0.05) is 12.6 Å². The van der Waals surface area contributed by atoms with E-state index in [9.17, 15) is 5.11 Å². The van der Waals surface area contributed by atoms with Crippen LogP contribution in [0.15, 0.2) is 30.3 Å². The Kier molecular flexibility index (Phi) is 5.55. The zero-order valence-corrected chi connectivity index (χ0v) is 9.63. The van der Waals surface area contributed by atoms with Crippen LogP contribution in [-0.2, 0) is 6.54 Å². The topological polar surface area (TPSA) is 47.3 Å². The summed E-state index contributed by atoms with van der Waals surface area (Å²) in [6, 6.07) is 12.2. The summed E-state index contributed by atoms with van der Waals surface area (Å²) in [7, 11) is 0. The first-order valence-corrected chi connectivity index (χ1v) is 5.57. The Balaban J connectivity index is 2.68. The van der Waals surface area contributed by atoms with E-state index in [1.807, 2.05) is 42.2 Å². The third-order valence-corrected chi connectivity index (χ3v) is 2.70. The first-order valence-electron chi connectivity index (χ1n) is 5.57. The second-order valence-corrected chi connectivity index (χ2v) is 3.79.